The van der Waals surface area contributed by atoms with Crippen LogP contribution in [-0.2, 0) is 0 Å². The van der Waals surface area contributed by atoms with Gasteiger partial charge in [0.25, 0.3) is 0 Å². The molecule has 2 aromatic heterocycles. The summed E-state index contributed by atoms with van der Waals surface area (Å²) in [6.07, 6.45) is 1.49. The minimum atomic E-state index is -0.909. The van der Waals surface area contributed by atoms with Crippen LogP contribution in [0.15, 0.2) is 6.33 Å². The van der Waals surface area contributed by atoms with Crippen molar-refractivity contribution in [3.8, 4) is 0 Å². The van der Waals surface area contributed by atoms with Crippen LogP contribution in [0.4, 0.5) is 5.82 Å². The Bertz CT molecular complexity index is 735. The first-order valence-corrected chi connectivity index (χ1v) is 7.73. The van der Waals surface area contributed by atoms with Crippen LogP contribution in [-0.4, -0.2) is 27.1 Å². The van der Waals surface area contributed by atoms with Gasteiger partial charge in [-0.25, -0.2) is 14.8 Å². The van der Waals surface area contributed by atoms with Crippen LogP contribution in [0.2, 0.25) is 0 Å². The highest BCUT2D eigenvalue weighted by Crippen LogP contribution is 2.63. The fourth-order valence-corrected chi connectivity index (χ4v) is 4.07. The molecule has 21 heavy (non-hydrogen) atoms. The highest BCUT2D eigenvalue weighted by Gasteiger charge is 2.65. The number of thiophene rings is 1. The smallest absolute Gasteiger partial charge is 0.346 e. The molecule has 2 aromatic rings. The molecule has 0 saturated heterocycles. The van der Waals surface area contributed by atoms with E-state index in [4.69, 9.17) is 0 Å². The maximum Gasteiger partial charge on any atom is 0.346 e. The molecular formula is C15H19N3O2S. The fraction of sp³-hybridized carbons (Fsp3) is 0.533. The van der Waals surface area contributed by atoms with E-state index in [-0.39, 0.29) is 10.8 Å². The topological polar surface area (TPSA) is 75.1 Å². The molecule has 2 heterocycles. The number of hydrogen-bond donors (Lipinski definition) is 2. The van der Waals surface area contributed by atoms with Gasteiger partial charge in [-0.3, -0.25) is 0 Å². The molecule has 0 bridgehead atoms. The van der Waals surface area contributed by atoms with Crippen LogP contribution in [0.5, 0.6) is 0 Å². The number of carboxylic acids is 1. The number of carbonyl (C=O) groups is 1. The van der Waals surface area contributed by atoms with E-state index < -0.39 is 5.97 Å². The summed E-state index contributed by atoms with van der Waals surface area (Å²) in [5, 5.41) is 13.6. The molecule has 0 aromatic carbocycles. The van der Waals surface area contributed by atoms with Crippen LogP contribution in [0.25, 0.3) is 10.2 Å². The SMILES string of the molecule is Cc1c(C(=O)O)sc2ncnc(NC3C(C)(C)C3(C)C)c12. The molecule has 0 spiro atoms. The van der Waals surface area contributed by atoms with E-state index in [9.17, 15) is 9.90 Å². The molecule has 0 unspecified atom stereocenters. The van der Waals surface area contributed by atoms with Crippen molar-refractivity contribution in [1.29, 1.82) is 0 Å². The van der Waals surface area contributed by atoms with Gasteiger partial charge in [0.1, 0.15) is 21.9 Å². The highest BCUT2D eigenvalue weighted by atomic mass is 32.1. The van der Waals surface area contributed by atoms with E-state index in [2.05, 4.69) is 43.0 Å². The molecule has 0 amide bonds. The first-order chi connectivity index (χ1) is 9.68. The summed E-state index contributed by atoms with van der Waals surface area (Å²) in [4.78, 5) is 20.9. The minimum absolute atomic E-state index is 0.184. The van der Waals surface area contributed by atoms with E-state index in [0.717, 1.165) is 21.6 Å². The number of aromatic nitrogens is 2. The predicted octanol–water partition coefficient (Wildman–Crippen LogP) is 3.54. The Morgan fingerprint density at radius 3 is 2.43 bits per heavy atom. The van der Waals surface area contributed by atoms with Gasteiger partial charge < -0.3 is 10.4 Å². The van der Waals surface area contributed by atoms with Crippen LogP contribution < -0.4 is 5.32 Å². The second kappa shape index (κ2) is 4.16. The van der Waals surface area contributed by atoms with E-state index in [0.29, 0.717) is 10.9 Å². The monoisotopic (exact) mass is 305 g/mol. The normalized spacial score (nSPS) is 19.7. The summed E-state index contributed by atoms with van der Waals surface area (Å²) in [5.74, 6) is -0.168. The molecular weight excluding hydrogens is 286 g/mol. The van der Waals surface area contributed by atoms with Crippen molar-refractivity contribution in [3.63, 3.8) is 0 Å². The molecule has 0 atom stereocenters. The second-order valence-electron chi connectivity index (χ2n) is 6.78. The van der Waals surface area contributed by atoms with Gasteiger partial charge in [0.2, 0.25) is 0 Å². The number of hydrogen-bond acceptors (Lipinski definition) is 5. The molecule has 1 fully saturated rings. The Morgan fingerprint density at radius 1 is 1.29 bits per heavy atom. The number of carboxylic acid groups (broad SMARTS) is 1. The highest BCUT2D eigenvalue weighted by molar-refractivity contribution is 7.20. The predicted molar refractivity (Wildman–Crippen MR) is 84.1 cm³/mol. The third-order valence-electron chi connectivity index (χ3n) is 5.22. The third kappa shape index (κ3) is 1.85. The zero-order chi connectivity index (χ0) is 15.6. The van der Waals surface area contributed by atoms with Crippen molar-refractivity contribution in [2.75, 3.05) is 5.32 Å². The maximum absolute atomic E-state index is 11.3. The summed E-state index contributed by atoms with van der Waals surface area (Å²) in [7, 11) is 0. The van der Waals surface area contributed by atoms with Crippen LogP contribution >= 0.6 is 11.3 Å². The number of aromatic carboxylic acids is 1. The molecule has 112 valence electrons. The van der Waals surface area contributed by atoms with Crippen molar-refractivity contribution in [3.05, 3.63) is 16.8 Å². The zero-order valence-electron chi connectivity index (χ0n) is 12.8. The van der Waals surface area contributed by atoms with Gasteiger partial charge in [-0.05, 0) is 23.3 Å². The van der Waals surface area contributed by atoms with E-state index in [1.807, 2.05) is 6.92 Å². The quantitative estimate of drug-likeness (QED) is 0.907. The molecule has 1 saturated carbocycles. The summed E-state index contributed by atoms with van der Waals surface area (Å²) in [6.45, 7) is 10.7. The van der Waals surface area contributed by atoms with Crippen molar-refractivity contribution in [2.45, 2.75) is 40.7 Å². The standard InChI is InChI=1S/C15H19N3O2S/c1-7-8-10(18-13-14(2,3)15(13,4)5)16-6-17-11(8)21-9(7)12(19)20/h6,13H,1-5H3,(H,19,20)(H,16,17,18). The summed E-state index contributed by atoms with van der Waals surface area (Å²) in [6, 6.07) is 0.315. The Hall–Kier alpha value is -1.69. The number of fused-ring (bicyclic) bond motifs is 1. The second-order valence-corrected chi connectivity index (χ2v) is 7.78. The minimum Gasteiger partial charge on any atom is -0.477 e. The van der Waals surface area contributed by atoms with Gasteiger partial charge in [0.15, 0.2) is 0 Å². The van der Waals surface area contributed by atoms with Gasteiger partial charge in [-0.1, -0.05) is 27.7 Å². The largest absolute Gasteiger partial charge is 0.477 e. The Morgan fingerprint density at radius 2 is 1.90 bits per heavy atom. The van der Waals surface area contributed by atoms with E-state index in [1.165, 1.54) is 17.7 Å². The Balaban J connectivity index is 2.06. The van der Waals surface area contributed by atoms with Crippen molar-refractivity contribution >= 4 is 33.3 Å². The first-order valence-electron chi connectivity index (χ1n) is 6.92. The molecule has 2 N–H and O–H groups in total. The van der Waals surface area contributed by atoms with E-state index >= 15 is 0 Å². The van der Waals surface area contributed by atoms with Crippen molar-refractivity contribution < 1.29 is 9.90 Å². The summed E-state index contributed by atoms with van der Waals surface area (Å²) in [5.41, 5.74) is 1.11. The average molecular weight is 305 g/mol. The van der Waals surface area contributed by atoms with Gasteiger partial charge >= 0.3 is 5.97 Å². The number of aryl methyl sites for hydroxylation is 1. The third-order valence-corrected chi connectivity index (χ3v) is 6.41. The molecule has 0 aliphatic heterocycles. The number of anilines is 1. The Kier molecular flexibility index (Phi) is 2.82. The van der Waals surface area contributed by atoms with Gasteiger partial charge in [-0.2, -0.15) is 0 Å². The van der Waals surface area contributed by atoms with E-state index in [1.54, 1.807) is 0 Å². The molecule has 0 radical (unpaired) electrons. The molecule has 6 heteroatoms. The molecule has 1 aliphatic carbocycles. The van der Waals surface area contributed by atoms with Crippen LogP contribution in [0.1, 0.15) is 42.9 Å². The maximum atomic E-state index is 11.3. The lowest BCUT2D eigenvalue weighted by Gasteiger charge is -2.09. The van der Waals surface area contributed by atoms with Crippen molar-refractivity contribution in [2.24, 2.45) is 10.8 Å². The number of nitrogens with one attached hydrogen (secondary N) is 1. The number of rotatable bonds is 3. The fourth-order valence-electron chi connectivity index (χ4n) is 3.08. The summed E-state index contributed by atoms with van der Waals surface area (Å²) >= 11 is 1.20. The lowest BCUT2D eigenvalue weighted by Crippen LogP contribution is -2.11. The van der Waals surface area contributed by atoms with Gasteiger partial charge in [0.05, 0.1) is 5.39 Å². The average Bonchev–Trinajstić information content (AvgIpc) is 2.71. The molecule has 5 nitrogen and oxygen atoms in total. The lowest BCUT2D eigenvalue weighted by molar-refractivity contribution is 0.0701. The summed E-state index contributed by atoms with van der Waals surface area (Å²) < 4.78 is 0. The lowest BCUT2D eigenvalue weighted by atomic mass is 10.0. The van der Waals surface area contributed by atoms with Gasteiger partial charge in [0, 0.05) is 6.04 Å². The van der Waals surface area contributed by atoms with Crippen LogP contribution in [0, 0.1) is 17.8 Å². The first kappa shape index (κ1) is 14.3. The zero-order valence-corrected chi connectivity index (χ0v) is 13.6. The Labute approximate surface area is 127 Å². The molecule has 3 rings (SSSR count). The number of nitrogens with zero attached hydrogens (tertiary/aromatic N) is 2. The molecule has 1 aliphatic rings. The van der Waals surface area contributed by atoms with Crippen LogP contribution in [0.3, 0.4) is 0 Å². The van der Waals surface area contributed by atoms with Crippen molar-refractivity contribution in [1.82, 2.24) is 9.97 Å². The van der Waals surface area contributed by atoms with Gasteiger partial charge in [-0.15, -0.1) is 11.3 Å².